The largest absolute Gasteiger partial charge is 0.355 e. The molecule has 0 radical (unpaired) electrons. The maximum atomic E-state index is 11.7. The van der Waals surface area contributed by atoms with Crippen LogP contribution in [0.2, 0.25) is 0 Å². The van der Waals surface area contributed by atoms with E-state index in [1.807, 2.05) is 18.3 Å². The van der Waals surface area contributed by atoms with Crippen molar-refractivity contribution in [1.29, 1.82) is 0 Å². The van der Waals surface area contributed by atoms with Crippen molar-refractivity contribution < 1.29 is 4.79 Å². The molecule has 1 aliphatic carbocycles. The van der Waals surface area contributed by atoms with E-state index in [1.54, 1.807) is 0 Å². The molecular weight excluding hydrogens is 234 g/mol. The number of hydrogen-bond donors (Lipinski definition) is 1. The van der Waals surface area contributed by atoms with Crippen molar-refractivity contribution in [3.05, 3.63) is 30.0 Å². The molecule has 1 N–H and O–H groups in total. The molecule has 0 spiro atoms. The topological polar surface area (TPSA) is 57.6 Å². The van der Waals surface area contributed by atoms with Crippen LogP contribution in [0.5, 0.6) is 0 Å². The summed E-state index contributed by atoms with van der Waals surface area (Å²) in [6.07, 6.45) is 3.32. The van der Waals surface area contributed by atoms with E-state index in [-0.39, 0.29) is 11.2 Å². The number of rotatable bonds is 0. The van der Waals surface area contributed by atoms with Crippen molar-refractivity contribution in [3.63, 3.8) is 0 Å². The summed E-state index contributed by atoms with van der Waals surface area (Å²) in [5.74, 6) is -0.121. The Labute approximate surface area is 101 Å². The number of nitrogens with zero attached hydrogens (tertiary/aromatic N) is 2. The molecule has 0 aromatic rings. The number of nitrogens with one attached hydrogen (secondary N) is 1. The fraction of sp³-hybridized carbons (Fsp3) is 0.0833. The fourth-order valence-electron chi connectivity index (χ4n) is 2.29. The minimum atomic E-state index is -0.272. The summed E-state index contributed by atoms with van der Waals surface area (Å²) in [6.45, 7) is 0. The van der Waals surface area contributed by atoms with Crippen LogP contribution in [0, 0.1) is 0 Å². The summed E-state index contributed by atoms with van der Waals surface area (Å²) in [6, 6.07) is 6.11. The van der Waals surface area contributed by atoms with Crippen molar-refractivity contribution in [2.24, 2.45) is 9.98 Å². The first-order valence-electron chi connectivity index (χ1n) is 5.26. The van der Waals surface area contributed by atoms with Crippen LogP contribution in [0.3, 0.4) is 0 Å². The van der Waals surface area contributed by atoms with Crippen molar-refractivity contribution in [2.75, 3.05) is 0 Å². The zero-order chi connectivity index (χ0) is 11.4. The Morgan fingerprint density at radius 2 is 2.29 bits per heavy atom. The highest BCUT2D eigenvalue weighted by Gasteiger charge is 2.38. The molecule has 17 heavy (non-hydrogen) atoms. The van der Waals surface area contributed by atoms with E-state index in [0.717, 1.165) is 27.4 Å². The predicted octanol–water partition coefficient (Wildman–Crippen LogP) is 1.95. The van der Waals surface area contributed by atoms with Gasteiger partial charge in [0.25, 0.3) is 5.91 Å². The molecule has 1 unspecified atom stereocenters. The molecule has 0 aromatic carbocycles. The third-order valence-corrected chi connectivity index (χ3v) is 4.27. The normalized spacial score (nSPS) is 21.5. The van der Waals surface area contributed by atoms with E-state index >= 15 is 0 Å². The van der Waals surface area contributed by atoms with Crippen molar-refractivity contribution in [2.45, 2.75) is 10.3 Å². The van der Waals surface area contributed by atoms with Gasteiger partial charge in [-0.05, 0) is 11.1 Å². The lowest BCUT2D eigenvalue weighted by Crippen LogP contribution is -2.25. The number of aliphatic imine (C=N–C) groups is 2. The zero-order valence-corrected chi connectivity index (χ0v) is 9.49. The number of hydrogen-bond acceptors (Lipinski definition) is 3. The molecule has 4 rings (SSSR count). The lowest BCUT2D eigenvalue weighted by atomic mass is 10.00. The van der Waals surface area contributed by atoms with Gasteiger partial charge in [0.2, 0.25) is 0 Å². The summed E-state index contributed by atoms with van der Waals surface area (Å²) < 4.78 is 0. The van der Waals surface area contributed by atoms with Gasteiger partial charge in [-0.25, -0.2) is 9.98 Å². The molecule has 0 fully saturated rings. The highest BCUT2D eigenvalue weighted by Crippen LogP contribution is 2.43. The number of aromatic nitrogens is 1. The molecule has 0 bridgehead atoms. The van der Waals surface area contributed by atoms with E-state index in [0.29, 0.717) is 0 Å². The standard InChI is InChI=1S/C12H7N3OS/c16-11-10-9(14-5-15-11)8-7-3-1-2-6(7)4-13-12(8)17-10/h1-5,10,13H. The second-order valence-corrected chi connectivity index (χ2v) is 5.10. The first-order valence-corrected chi connectivity index (χ1v) is 6.14. The molecule has 1 amide bonds. The number of H-pyrrole nitrogens is 1. The number of aromatic amines is 1. The molecule has 0 aromatic heterocycles. The van der Waals surface area contributed by atoms with Crippen LogP contribution in [0.15, 0.2) is 39.4 Å². The number of pyridine rings is 1. The molecule has 3 heterocycles. The van der Waals surface area contributed by atoms with E-state index in [9.17, 15) is 4.79 Å². The van der Waals surface area contributed by atoms with Gasteiger partial charge >= 0.3 is 0 Å². The van der Waals surface area contributed by atoms with Gasteiger partial charge < -0.3 is 4.98 Å². The first kappa shape index (κ1) is 9.18. The van der Waals surface area contributed by atoms with Crippen LogP contribution < -0.4 is 0 Å². The molecule has 4 nitrogen and oxygen atoms in total. The van der Waals surface area contributed by atoms with Gasteiger partial charge in [0.05, 0.1) is 10.7 Å². The van der Waals surface area contributed by atoms with Crippen molar-refractivity contribution in [1.82, 2.24) is 4.98 Å². The fourth-order valence-corrected chi connectivity index (χ4v) is 3.44. The third-order valence-electron chi connectivity index (χ3n) is 3.05. The quantitative estimate of drug-likeness (QED) is 0.766. The highest BCUT2D eigenvalue weighted by atomic mass is 32.2. The summed E-state index contributed by atoms with van der Waals surface area (Å²) >= 11 is 1.50. The van der Waals surface area contributed by atoms with Crippen LogP contribution in [-0.4, -0.2) is 28.2 Å². The maximum absolute atomic E-state index is 11.7. The Bertz CT molecular complexity index is 670. The van der Waals surface area contributed by atoms with Gasteiger partial charge in [-0.2, -0.15) is 0 Å². The van der Waals surface area contributed by atoms with E-state index in [2.05, 4.69) is 21.0 Å². The highest BCUT2D eigenvalue weighted by molar-refractivity contribution is 8.02. The van der Waals surface area contributed by atoms with Crippen LogP contribution >= 0.6 is 11.8 Å². The average molecular weight is 241 g/mol. The molecule has 4 aliphatic rings. The number of thioether (sulfide) groups is 1. The predicted molar refractivity (Wildman–Crippen MR) is 67.1 cm³/mol. The van der Waals surface area contributed by atoms with Crippen molar-refractivity contribution in [3.8, 4) is 11.1 Å². The Morgan fingerprint density at radius 1 is 1.35 bits per heavy atom. The number of carbonyl (C=O) groups is 1. The van der Waals surface area contributed by atoms with Gasteiger partial charge in [-0.15, -0.1) is 0 Å². The average Bonchev–Trinajstić information content (AvgIpc) is 2.91. The molecule has 82 valence electrons. The molecule has 1 atom stereocenters. The Morgan fingerprint density at radius 3 is 3.24 bits per heavy atom. The number of carbonyl (C=O) groups excluding carboxylic acids is 1. The monoisotopic (exact) mass is 241 g/mol. The lowest BCUT2D eigenvalue weighted by molar-refractivity contribution is -0.116. The maximum Gasteiger partial charge on any atom is 0.266 e. The van der Waals surface area contributed by atoms with Gasteiger partial charge in [0.1, 0.15) is 11.6 Å². The van der Waals surface area contributed by atoms with Gasteiger partial charge in [-0.1, -0.05) is 30.0 Å². The summed E-state index contributed by atoms with van der Waals surface area (Å²) in [5.41, 5.74) is 4.18. The second kappa shape index (κ2) is 3.07. The second-order valence-electron chi connectivity index (χ2n) is 3.98. The van der Waals surface area contributed by atoms with Crippen LogP contribution in [-0.2, 0) is 4.79 Å². The van der Waals surface area contributed by atoms with E-state index in [1.165, 1.54) is 18.1 Å². The van der Waals surface area contributed by atoms with Gasteiger partial charge in [0, 0.05) is 11.8 Å². The zero-order valence-electron chi connectivity index (χ0n) is 8.68. The van der Waals surface area contributed by atoms with E-state index < -0.39 is 0 Å². The molecule has 0 saturated heterocycles. The molecule has 3 aliphatic heterocycles. The number of fused-ring (bicyclic) bond motifs is 5. The summed E-state index contributed by atoms with van der Waals surface area (Å²) in [7, 11) is 0. The lowest BCUT2D eigenvalue weighted by Gasteiger charge is -2.09. The van der Waals surface area contributed by atoms with Crippen LogP contribution in [0.1, 0.15) is 5.56 Å². The number of amides is 1. The minimum Gasteiger partial charge on any atom is -0.355 e. The Balaban J connectivity index is 2.03. The minimum absolute atomic E-state index is 0.121. The first-order chi connectivity index (χ1) is 8.34. The van der Waals surface area contributed by atoms with Crippen LogP contribution in [0.25, 0.3) is 11.1 Å². The van der Waals surface area contributed by atoms with E-state index in [4.69, 9.17) is 0 Å². The molecule has 0 saturated carbocycles. The molecular formula is C12H7N3OS. The van der Waals surface area contributed by atoms with Gasteiger partial charge in [0.15, 0.2) is 0 Å². The third kappa shape index (κ3) is 1.12. The van der Waals surface area contributed by atoms with Crippen molar-refractivity contribution >= 4 is 29.7 Å². The SMILES string of the molecule is O=C1N=CN=C2c3c4cccc-4c[nH]c3SC12. The summed E-state index contributed by atoms with van der Waals surface area (Å²) in [4.78, 5) is 22.9. The Hall–Kier alpha value is -1.88. The van der Waals surface area contributed by atoms with Crippen LogP contribution in [0.4, 0.5) is 0 Å². The molecule has 5 heteroatoms. The van der Waals surface area contributed by atoms with Gasteiger partial charge in [-0.3, -0.25) is 4.79 Å². The Kier molecular flexibility index (Phi) is 1.66. The summed E-state index contributed by atoms with van der Waals surface area (Å²) in [5, 5.41) is 0.734. The smallest absolute Gasteiger partial charge is 0.266 e.